The Bertz CT molecular complexity index is 832. The third-order valence-electron chi connectivity index (χ3n) is 5.35. The van der Waals surface area contributed by atoms with Crippen molar-refractivity contribution in [2.75, 3.05) is 6.61 Å². The monoisotopic (exact) mass is 416 g/mol. The van der Waals surface area contributed by atoms with Crippen LogP contribution in [-0.2, 0) is 0 Å². The first kappa shape index (κ1) is 23.9. The van der Waals surface area contributed by atoms with Gasteiger partial charge in [0.2, 0.25) is 0 Å². The van der Waals surface area contributed by atoms with E-state index in [9.17, 15) is 9.59 Å². The van der Waals surface area contributed by atoms with E-state index in [1.807, 2.05) is 11.5 Å². The Kier molecular flexibility index (Phi) is 11.0. The van der Waals surface area contributed by atoms with Crippen LogP contribution in [0.3, 0.4) is 0 Å². The van der Waals surface area contributed by atoms with Crippen molar-refractivity contribution in [1.29, 1.82) is 0 Å². The van der Waals surface area contributed by atoms with Gasteiger partial charge in [-0.05, 0) is 24.6 Å². The lowest BCUT2D eigenvalue weighted by molar-refractivity contribution is 0.0950. The molecule has 2 aromatic rings. The molecule has 3 N–H and O–H groups in total. The molecule has 1 heterocycles. The van der Waals surface area contributed by atoms with E-state index >= 15 is 0 Å². The van der Waals surface area contributed by atoms with Gasteiger partial charge in [0.25, 0.3) is 5.91 Å². The number of carbonyl (C=O) groups is 1. The Morgan fingerprint density at radius 3 is 2.13 bits per heavy atom. The summed E-state index contributed by atoms with van der Waals surface area (Å²) in [5.74, 6) is 5.07. The first-order valence-corrected chi connectivity index (χ1v) is 11.4. The van der Waals surface area contributed by atoms with Gasteiger partial charge in [0.05, 0.1) is 6.61 Å². The van der Waals surface area contributed by atoms with Crippen molar-refractivity contribution < 1.29 is 13.9 Å². The highest BCUT2D eigenvalue weighted by Crippen LogP contribution is 2.21. The van der Waals surface area contributed by atoms with Gasteiger partial charge in [0.1, 0.15) is 16.9 Å². The molecule has 1 amide bonds. The molecule has 0 bridgehead atoms. The minimum Gasteiger partial charge on any atom is -0.493 e. The maximum absolute atomic E-state index is 11.9. The number of hydrazine groups is 1. The summed E-state index contributed by atoms with van der Waals surface area (Å²) < 4.78 is 11.0. The maximum Gasteiger partial charge on any atom is 0.349 e. The largest absolute Gasteiger partial charge is 0.493 e. The van der Waals surface area contributed by atoms with Gasteiger partial charge >= 0.3 is 5.63 Å². The third kappa shape index (κ3) is 8.19. The highest BCUT2D eigenvalue weighted by atomic mass is 16.5. The van der Waals surface area contributed by atoms with E-state index in [1.54, 1.807) is 12.1 Å². The van der Waals surface area contributed by atoms with Crippen molar-refractivity contribution in [3.05, 3.63) is 40.2 Å². The lowest BCUT2D eigenvalue weighted by Gasteiger charge is -2.07. The van der Waals surface area contributed by atoms with E-state index in [0.29, 0.717) is 23.3 Å². The Hall–Kier alpha value is -2.34. The normalized spacial score (nSPS) is 11.0. The summed E-state index contributed by atoms with van der Waals surface area (Å²) in [5, 5.41) is 0.644. The van der Waals surface area contributed by atoms with Crippen LogP contribution in [0.15, 0.2) is 33.5 Å². The zero-order valence-electron chi connectivity index (χ0n) is 18.2. The van der Waals surface area contributed by atoms with Crippen molar-refractivity contribution in [1.82, 2.24) is 5.43 Å². The topological polar surface area (TPSA) is 94.6 Å². The van der Waals surface area contributed by atoms with Crippen molar-refractivity contribution in [2.45, 2.75) is 84.0 Å². The number of hydrogen-bond donors (Lipinski definition) is 2. The Labute approximate surface area is 179 Å². The molecule has 0 spiro atoms. The Morgan fingerprint density at radius 2 is 1.53 bits per heavy atom. The first-order chi connectivity index (χ1) is 14.7. The van der Waals surface area contributed by atoms with E-state index < -0.39 is 11.5 Å². The Balaban J connectivity index is 1.61. The maximum atomic E-state index is 11.9. The summed E-state index contributed by atoms with van der Waals surface area (Å²) in [5.41, 5.74) is 1.50. The van der Waals surface area contributed by atoms with Crippen LogP contribution in [0.25, 0.3) is 11.0 Å². The second kappa shape index (κ2) is 13.8. The summed E-state index contributed by atoms with van der Waals surface area (Å²) in [6, 6.07) is 6.73. The van der Waals surface area contributed by atoms with Crippen LogP contribution < -0.4 is 21.6 Å². The molecule has 166 valence electrons. The van der Waals surface area contributed by atoms with Gasteiger partial charge in [0.15, 0.2) is 0 Å². The molecular formula is C24H36N2O4. The molecule has 0 radical (unpaired) electrons. The number of carbonyl (C=O) groups excluding carboxylic acids is 1. The second-order valence-electron chi connectivity index (χ2n) is 7.86. The molecule has 0 atom stereocenters. The van der Waals surface area contributed by atoms with Crippen LogP contribution in [0, 0.1) is 0 Å². The van der Waals surface area contributed by atoms with E-state index in [2.05, 4.69) is 6.92 Å². The molecule has 0 aliphatic carbocycles. The first-order valence-electron chi connectivity index (χ1n) is 11.4. The predicted molar refractivity (Wildman–Crippen MR) is 121 cm³/mol. The third-order valence-corrected chi connectivity index (χ3v) is 5.35. The standard InChI is InChI=1S/C24H36N2O4/c1-2-3-4-5-6-7-8-9-10-11-12-13-16-29-20-15-14-19-17-21(23(27)26-25)24(28)30-22(19)18-20/h14-15,17-18H,2-13,16,25H2,1H3,(H,26,27). The zero-order valence-corrected chi connectivity index (χ0v) is 18.2. The van der Waals surface area contributed by atoms with Crippen LogP contribution >= 0.6 is 0 Å². The Morgan fingerprint density at radius 1 is 0.933 bits per heavy atom. The number of hydrogen-bond acceptors (Lipinski definition) is 5. The van der Waals surface area contributed by atoms with E-state index in [-0.39, 0.29) is 5.56 Å². The fraction of sp³-hybridized carbons (Fsp3) is 0.583. The lowest BCUT2D eigenvalue weighted by Crippen LogP contribution is -2.33. The molecule has 0 saturated carbocycles. The van der Waals surface area contributed by atoms with Gasteiger partial charge in [-0.3, -0.25) is 10.2 Å². The molecule has 0 aliphatic rings. The van der Waals surface area contributed by atoms with Crippen molar-refractivity contribution in [3.63, 3.8) is 0 Å². The highest BCUT2D eigenvalue weighted by Gasteiger charge is 2.12. The molecule has 2 rings (SSSR count). The predicted octanol–water partition coefficient (Wildman–Crippen LogP) is 5.48. The molecule has 0 saturated heterocycles. The van der Waals surface area contributed by atoms with Crippen LogP contribution in [0.5, 0.6) is 5.75 Å². The summed E-state index contributed by atoms with van der Waals surface area (Å²) in [6.45, 7) is 2.90. The quantitative estimate of drug-likeness (QED) is 0.132. The van der Waals surface area contributed by atoms with Gasteiger partial charge in [0, 0.05) is 11.5 Å². The molecule has 6 nitrogen and oxygen atoms in total. The summed E-state index contributed by atoms with van der Waals surface area (Å²) in [6.07, 6.45) is 15.7. The van der Waals surface area contributed by atoms with E-state index in [4.69, 9.17) is 15.0 Å². The van der Waals surface area contributed by atoms with Crippen molar-refractivity contribution >= 4 is 16.9 Å². The average molecular weight is 417 g/mol. The fourth-order valence-electron chi connectivity index (χ4n) is 3.55. The summed E-state index contributed by atoms with van der Waals surface area (Å²) in [7, 11) is 0. The smallest absolute Gasteiger partial charge is 0.349 e. The SMILES string of the molecule is CCCCCCCCCCCCCCOc1ccc2cc(C(=O)NN)c(=O)oc2c1. The van der Waals surface area contributed by atoms with E-state index in [1.165, 1.54) is 70.3 Å². The summed E-state index contributed by atoms with van der Waals surface area (Å²) >= 11 is 0. The summed E-state index contributed by atoms with van der Waals surface area (Å²) in [4.78, 5) is 23.5. The number of ether oxygens (including phenoxy) is 1. The van der Waals surface area contributed by atoms with Gasteiger partial charge in [-0.2, -0.15) is 0 Å². The zero-order chi connectivity index (χ0) is 21.6. The van der Waals surface area contributed by atoms with Crippen LogP contribution in [0.2, 0.25) is 0 Å². The van der Waals surface area contributed by atoms with Crippen LogP contribution in [0.4, 0.5) is 0 Å². The number of nitrogens with two attached hydrogens (primary N) is 1. The van der Waals surface area contributed by atoms with Gasteiger partial charge in [-0.15, -0.1) is 0 Å². The van der Waals surface area contributed by atoms with Crippen molar-refractivity contribution in [3.8, 4) is 5.75 Å². The number of fused-ring (bicyclic) bond motifs is 1. The fourth-order valence-corrected chi connectivity index (χ4v) is 3.55. The minimum atomic E-state index is -0.719. The van der Waals surface area contributed by atoms with Gasteiger partial charge in [-0.25, -0.2) is 10.6 Å². The molecule has 0 unspecified atom stereocenters. The van der Waals surface area contributed by atoms with Crippen LogP contribution in [0.1, 0.15) is 94.3 Å². The molecular weight excluding hydrogens is 380 g/mol. The number of rotatable bonds is 15. The van der Waals surface area contributed by atoms with Gasteiger partial charge < -0.3 is 9.15 Å². The number of amides is 1. The minimum absolute atomic E-state index is 0.116. The lowest BCUT2D eigenvalue weighted by atomic mass is 10.1. The van der Waals surface area contributed by atoms with Crippen molar-refractivity contribution in [2.24, 2.45) is 5.84 Å². The molecule has 6 heteroatoms. The number of unbranched alkanes of at least 4 members (excludes halogenated alkanes) is 11. The molecule has 0 aliphatic heterocycles. The number of nitrogens with one attached hydrogen (secondary N) is 1. The number of nitrogen functional groups attached to an aromatic ring is 1. The number of benzene rings is 1. The highest BCUT2D eigenvalue weighted by molar-refractivity contribution is 5.96. The molecule has 0 fully saturated rings. The molecule has 1 aromatic heterocycles. The van der Waals surface area contributed by atoms with Crippen LogP contribution in [-0.4, -0.2) is 12.5 Å². The molecule has 1 aromatic carbocycles. The molecule has 30 heavy (non-hydrogen) atoms. The van der Waals surface area contributed by atoms with Gasteiger partial charge in [-0.1, -0.05) is 77.6 Å². The second-order valence-corrected chi connectivity index (χ2v) is 7.86. The van der Waals surface area contributed by atoms with E-state index in [0.717, 1.165) is 12.8 Å². The average Bonchev–Trinajstić information content (AvgIpc) is 2.75.